The number of pyridine rings is 1. The second kappa shape index (κ2) is 11.0. The first-order chi connectivity index (χ1) is 19.7. The van der Waals surface area contributed by atoms with E-state index in [0.717, 1.165) is 52.9 Å². The fourth-order valence-corrected chi connectivity index (χ4v) is 6.79. The van der Waals surface area contributed by atoms with Gasteiger partial charge in [-0.2, -0.15) is 4.98 Å². The van der Waals surface area contributed by atoms with Crippen molar-refractivity contribution in [2.24, 2.45) is 0 Å². The number of hydrogen-bond acceptors (Lipinski definition) is 10. The molecule has 1 aliphatic carbocycles. The van der Waals surface area contributed by atoms with Gasteiger partial charge in [-0.15, -0.1) is 11.3 Å². The van der Waals surface area contributed by atoms with Crippen LogP contribution in [-0.2, 0) is 19.8 Å². The third-order valence-corrected chi connectivity index (χ3v) is 8.96. The number of thiazole rings is 1. The van der Waals surface area contributed by atoms with Crippen LogP contribution in [0.15, 0.2) is 23.0 Å². The van der Waals surface area contributed by atoms with Gasteiger partial charge in [-0.3, -0.25) is 0 Å². The number of nitrogens with one attached hydrogen (secondary N) is 1. The van der Waals surface area contributed by atoms with E-state index in [1.54, 1.807) is 29.5 Å². The molecule has 0 aromatic carbocycles. The van der Waals surface area contributed by atoms with E-state index in [1.165, 1.54) is 0 Å². The molecule has 4 aromatic rings. The van der Waals surface area contributed by atoms with Crippen LogP contribution in [0.2, 0.25) is 5.02 Å². The van der Waals surface area contributed by atoms with Crippen LogP contribution in [0, 0.1) is 0 Å². The highest BCUT2D eigenvalue weighted by atomic mass is 35.5. The van der Waals surface area contributed by atoms with Gasteiger partial charge in [-0.05, 0) is 58.9 Å². The van der Waals surface area contributed by atoms with Crippen LogP contribution >= 0.6 is 22.9 Å². The number of carbonyl (C=O) groups excluding carboxylic acids is 1. The highest BCUT2D eigenvalue weighted by Crippen LogP contribution is 2.48. The van der Waals surface area contributed by atoms with E-state index in [-0.39, 0.29) is 18.8 Å². The minimum Gasteiger partial charge on any atom is -0.444 e. The number of rotatable bonds is 7. The fraction of sp³-hybridized carbons (Fsp3) is 0.536. The molecular formula is C28H33ClN6O5S. The summed E-state index contributed by atoms with van der Waals surface area (Å²) < 4.78 is 22.4. The summed E-state index contributed by atoms with van der Waals surface area (Å²) >= 11 is 8.26. The maximum atomic E-state index is 12.6. The summed E-state index contributed by atoms with van der Waals surface area (Å²) in [6.45, 7) is 6.92. The molecule has 4 aromatic heterocycles. The van der Waals surface area contributed by atoms with E-state index in [1.807, 2.05) is 33.0 Å². The molecule has 1 atom stereocenters. The zero-order valence-corrected chi connectivity index (χ0v) is 25.1. The molecule has 1 amide bonds. The number of nitrogens with zero attached hydrogens (tertiary/aromatic N) is 5. The number of hydrogen-bond donors (Lipinski definition) is 1. The highest BCUT2D eigenvalue weighted by Gasteiger charge is 2.43. The van der Waals surface area contributed by atoms with Gasteiger partial charge in [0.05, 0.1) is 21.5 Å². The van der Waals surface area contributed by atoms with Gasteiger partial charge < -0.3 is 28.6 Å². The van der Waals surface area contributed by atoms with Crippen LogP contribution in [0.25, 0.3) is 33.0 Å². The number of piperidine rings is 1. The number of carbonyl (C=O) groups is 1. The Balaban J connectivity index is 1.25. The standard InChI is InChI=1S/C28H33ClN6O5S/c1-27(2,3)39-26(36)35-10-5-7-16(14-35)24-33-23(34-40-24)19-11-17-21(18(29)12-30-22(17)32-19)20-13-31-25(41-20)28(8-6-9-28)38-15-37-4/h11-13,16H,5-10,14-15H2,1-4H3,(H,30,32). The van der Waals surface area contributed by atoms with Crippen LogP contribution in [0.3, 0.4) is 0 Å². The molecule has 13 heteroatoms. The summed E-state index contributed by atoms with van der Waals surface area (Å²) in [5.41, 5.74) is 1.20. The third-order valence-electron chi connectivity index (χ3n) is 7.47. The van der Waals surface area contributed by atoms with Crippen LogP contribution in [0.4, 0.5) is 4.79 Å². The molecule has 0 radical (unpaired) electrons. The molecule has 11 nitrogen and oxygen atoms in total. The molecule has 6 rings (SSSR count). The first-order valence-electron chi connectivity index (χ1n) is 13.7. The average Bonchev–Trinajstić information content (AvgIpc) is 3.67. The Kier molecular flexibility index (Phi) is 7.52. The average molecular weight is 601 g/mol. The van der Waals surface area contributed by atoms with Crippen molar-refractivity contribution in [3.8, 4) is 22.0 Å². The number of H-pyrrole nitrogens is 1. The molecular weight excluding hydrogens is 568 g/mol. The van der Waals surface area contributed by atoms with E-state index < -0.39 is 11.2 Å². The number of amides is 1. The van der Waals surface area contributed by atoms with Crippen molar-refractivity contribution in [3.63, 3.8) is 0 Å². The molecule has 1 N–H and O–H groups in total. The lowest BCUT2D eigenvalue weighted by molar-refractivity contribution is -0.171. The third kappa shape index (κ3) is 5.57. The second-order valence-corrected chi connectivity index (χ2v) is 13.0. The Morgan fingerprint density at radius 1 is 1.27 bits per heavy atom. The van der Waals surface area contributed by atoms with Gasteiger partial charge in [0.15, 0.2) is 0 Å². The molecule has 1 aliphatic heterocycles. The molecule has 2 aliphatic rings. The SMILES string of the molecule is COCOC1(c2ncc(-c3c(Cl)cnc4[nH]c(-c5noc(C6CCCN(C(=O)OC(C)(C)C)C6)n5)cc34)s2)CCC1. The van der Waals surface area contributed by atoms with E-state index in [4.69, 9.17) is 35.3 Å². The molecule has 218 valence electrons. The lowest BCUT2D eigenvalue weighted by Crippen LogP contribution is -2.42. The maximum absolute atomic E-state index is 12.6. The van der Waals surface area contributed by atoms with Crippen molar-refractivity contribution >= 4 is 40.1 Å². The molecule has 2 fully saturated rings. The van der Waals surface area contributed by atoms with Crippen LogP contribution in [0.1, 0.15) is 69.7 Å². The van der Waals surface area contributed by atoms with Crippen molar-refractivity contribution in [3.05, 3.63) is 34.4 Å². The highest BCUT2D eigenvalue weighted by molar-refractivity contribution is 7.15. The van der Waals surface area contributed by atoms with Crippen molar-refractivity contribution in [1.82, 2.24) is 30.0 Å². The quantitative estimate of drug-likeness (QED) is 0.236. The van der Waals surface area contributed by atoms with Gasteiger partial charge >= 0.3 is 6.09 Å². The summed E-state index contributed by atoms with van der Waals surface area (Å²) in [5.74, 6) is 0.840. The zero-order chi connectivity index (χ0) is 28.8. The number of aromatic nitrogens is 5. The van der Waals surface area contributed by atoms with Crippen LogP contribution in [-0.4, -0.2) is 68.7 Å². The summed E-state index contributed by atoms with van der Waals surface area (Å²) in [5, 5.41) is 6.52. The lowest BCUT2D eigenvalue weighted by Gasteiger charge is -2.39. The van der Waals surface area contributed by atoms with Gasteiger partial charge in [0, 0.05) is 43.5 Å². The molecule has 1 saturated carbocycles. The molecule has 41 heavy (non-hydrogen) atoms. The predicted octanol–water partition coefficient (Wildman–Crippen LogP) is 6.50. The van der Waals surface area contributed by atoms with Gasteiger partial charge in [0.1, 0.15) is 28.6 Å². The Bertz CT molecular complexity index is 1550. The molecule has 1 saturated heterocycles. The van der Waals surface area contributed by atoms with Crippen molar-refractivity contribution in [1.29, 1.82) is 0 Å². The summed E-state index contributed by atoms with van der Waals surface area (Å²) in [6.07, 6.45) is 7.73. The smallest absolute Gasteiger partial charge is 0.410 e. The number of fused-ring (bicyclic) bond motifs is 1. The lowest BCUT2D eigenvalue weighted by atomic mass is 9.80. The summed E-state index contributed by atoms with van der Waals surface area (Å²) in [6, 6.07) is 1.94. The maximum Gasteiger partial charge on any atom is 0.410 e. The first kappa shape index (κ1) is 28.1. The van der Waals surface area contributed by atoms with Crippen LogP contribution < -0.4 is 0 Å². The van der Waals surface area contributed by atoms with Gasteiger partial charge in [-0.25, -0.2) is 14.8 Å². The molecule has 1 unspecified atom stereocenters. The van der Waals surface area contributed by atoms with E-state index in [0.29, 0.717) is 41.2 Å². The molecule has 5 heterocycles. The van der Waals surface area contributed by atoms with Crippen molar-refractivity contribution < 1.29 is 23.5 Å². The number of halogens is 1. The van der Waals surface area contributed by atoms with Gasteiger partial charge in [0.25, 0.3) is 0 Å². The van der Waals surface area contributed by atoms with Crippen LogP contribution in [0.5, 0.6) is 0 Å². The Hall–Kier alpha value is -3.06. The number of likely N-dealkylation sites (tertiary alicyclic amines) is 1. The number of methoxy groups -OCH3 is 1. The number of ether oxygens (including phenoxy) is 3. The Morgan fingerprint density at radius 3 is 2.83 bits per heavy atom. The minimum atomic E-state index is -0.551. The largest absolute Gasteiger partial charge is 0.444 e. The van der Waals surface area contributed by atoms with E-state index >= 15 is 0 Å². The monoisotopic (exact) mass is 600 g/mol. The summed E-state index contributed by atoms with van der Waals surface area (Å²) in [7, 11) is 1.62. The Morgan fingerprint density at radius 2 is 2.10 bits per heavy atom. The van der Waals surface area contributed by atoms with E-state index in [2.05, 4.69) is 20.1 Å². The second-order valence-electron chi connectivity index (χ2n) is 11.6. The minimum absolute atomic E-state index is 0.0696. The first-order valence-corrected chi connectivity index (χ1v) is 14.9. The van der Waals surface area contributed by atoms with Crippen molar-refractivity contribution in [2.45, 2.75) is 70.0 Å². The molecule has 0 bridgehead atoms. The fourth-order valence-electron chi connectivity index (χ4n) is 5.29. The van der Waals surface area contributed by atoms with Crippen molar-refractivity contribution in [2.75, 3.05) is 27.0 Å². The predicted molar refractivity (Wildman–Crippen MR) is 154 cm³/mol. The zero-order valence-electron chi connectivity index (χ0n) is 23.5. The number of aromatic amines is 1. The Labute approximate surface area is 246 Å². The van der Waals surface area contributed by atoms with Gasteiger partial charge in [0.2, 0.25) is 11.7 Å². The molecule has 0 spiro atoms. The van der Waals surface area contributed by atoms with Gasteiger partial charge in [-0.1, -0.05) is 16.8 Å². The van der Waals surface area contributed by atoms with E-state index in [9.17, 15) is 4.79 Å². The summed E-state index contributed by atoms with van der Waals surface area (Å²) in [4.78, 5) is 32.5. The topological polar surface area (TPSA) is 128 Å². The normalized spacial score (nSPS) is 19.0.